The van der Waals surface area contributed by atoms with E-state index in [1.807, 2.05) is 12.5 Å². The van der Waals surface area contributed by atoms with Crippen molar-refractivity contribution in [3.63, 3.8) is 0 Å². The number of ether oxygens (including phenoxy) is 1. The lowest BCUT2D eigenvalue weighted by Crippen LogP contribution is -1.93. The zero-order valence-electron chi connectivity index (χ0n) is 14.6. The molecule has 0 aliphatic rings. The Morgan fingerprint density at radius 3 is 1.68 bits per heavy atom. The standard InChI is InChI=1S/C19H36N2O/c1-22-18-14-12-10-8-6-4-2-3-5-7-9-11-13-16-21-17-15-20-19-21/h15,17,19H,2-14,16,18H2,1H3. The number of rotatable bonds is 16. The predicted octanol–water partition coefficient (Wildman–Crippen LogP) is 5.60. The first-order valence-electron chi connectivity index (χ1n) is 9.38. The van der Waals surface area contributed by atoms with Crippen LogP contribution in [0.15, 0.2) is 18.7 Å². The average Bonchev–Trinajstić information content (AvgIpc) is 3.04. The summed E-state index contributed by atoms with van der Waals surface area (Å²) >= 11 is 0. The molecule has 3 heteroatoms. The van der Waals surface area contributed by atoms with Gasteiger partial charge in [0.1, 0.15) is 0 Å². The third-order valence-corrected chi connectivity index (χ3v) is 4.32. The highest BCUT2D eigenvalue weighted by molar-refractivity contribution is 4.73. The van der Waals surface area contributed by atoms with Gasteiger partial charge in [0.2, 0.25) is 0 Å². The molecule has 1 heterocycles. The van der Waals surface area contributed by atoms with Crippen LogP contribution in [0.2, 0.25) is 0 Å². The van der Waals surface area contributed by atoms with Crippen LogP contribution in [0.3, 0.4) is 0 Å². The van der Waals surface area contributed by atoms with Crippen LogP contribution < -0.4 is 0 Å². The SMILES string of the molecule is COCCCCCCCCCCCCCCCn1ccnc1. The quantitative estimate of drug-likeness (QED) is 0.372. The smallest absolute Gasteiger partial charge is 0.0945 e. The molecule has 0 spiro atoms. The summed E-state index contributed by atoms with van der Waals surface area (Å²) in [5, 5.41) is 0. The second kappa shape index (κ2) is 15.1. The summed E-state index contributed by atoms with van der Waals surface area (Å²) in [5.74, 6) is 0. The molecule has 128 valence electrons. The molecular weight excluding hydrogens is 272 g/mol. The molecule has 0 saturated heterocycles. The minimum atomic E-state index is 0.933. The van der Waals surface area contributed by atoms with Gasteiger partial charge in [-0.2, -0.15) is 0 Å². The van der Waals surface area contributed by atoms with Gasteiger partial charge in [0.15, 0.2) is 0 Å². The summed E-state index contributed by atoms with van der Waals surface area (Å²) < 4.78 is 7.24. The first-order valence-corrected chi connectivity index (χ1v) is 9.38. The molecule has 0 unspecified atom stereocenters. The minimum absolute atomic E-state index is 0.933. The molecule has 0 radical (unpaired) electrons. The number of aromatic nitrogens is 2. The zero-order chi connectivity index (χ0) is 15.7. The van der Waals surface area contributed by atoms with E-state index in [4.69, 9.17) is 4.74 Å². The van der Waals surface area contributed by atoms with Crippen LogP contribution in [-0.4, -0.2) is 23.3 Å². The highest BCUT2D eigenvalue weighted by Crippen LogP contribution is 2.12. The van der Waals surface area contributed by atoms with Gasteiger partial charge >= 0.3 is 0 Å². The van der Waals surface area contributed by atoms with Crippen LogP contribution in [-0.2, 0) is 11.3 Å². The lowest BCUT2D eigenvalue weighted by molar-refractivity contribution is 0.192. The number of methoxy groups -OCH3 is 1. The first kappa shape index (κ1) is 19.2. The largest absolute Gasteiger partial charge is 0.385 e. The molecule has 3 nitrogen and oxygen atoms in total. The van der Waals surface area contributed by atoms with E-state index in [9.17, 15) is 0 Å². The van der Waals surface area contributed by atoms with Gasteiger partial charge in [0.25, 0.3) is 0 Å². The maximum Gasteiger partial charge on any atom is 0.0945 e. The van der Waals surface area contributed by atoms with Crippen molar-refractivity contribution in [1.29, 1.82) is 0 Å². The molecule has 0 bridgehead atoms. The Morgan fingerprint density at radius 1 is 0.727 bits per heavy atom. The van der Waals surface area contributed by atoms with Crippen molar-refractivity contribution in [2.45, 2.75) is 90.0 Å². The molecule has 1 rings (SSSR count). The number of imidazole rings is 1. The highest BCUT2D eigenvalue weighted by atomic mass is 16.5. The third-order valence-electron chi connectivity index (χ3n) is 4.32. The summed E-state index contributed by atoms with van der Waals surface area (Å²) in [5.41, 5.74) is 0. The van der Waals surface area contributed by atoms with E-state index >= 15 is 0 Å². The number of aryl methyl sites for hydroxylation is 1. The molecule has 0 N–H and O–H groups in total. The Labute approximate surface area is 137 Å². The Kier molecular flexibility index (Phi) is 13.2. The zero-order valence-corrected chi connectivity index (χ0v) is 14.6. The Morgan fingerprint density at radius 2 is 1.23 bits per heavy atom. The fourth-order valence-electron chi connectivity index (χ4n) is 2.90. The molecule has 0 aliphatic carbocycles. The molecule has 0 fully saturated rings. The Hall–Kier alpha value is -0.830. The normalized spacial score (nSPS) is 11.1. The third kappa shape index (κ3) is 11.8. The van der Waals surface area contributed by atoms with Crippen LogP contribution in [0.5, 0.6) is 0 Å². The number of hydrogen-bond donors (Lipinski definition) is 0. The summed E-state index contributed by atoms with van der Waals surface area (Å²) in [4.78, 5) is 4.07. The van der Waals surface area contributed by atoms with E-state index in [0.717, 1.165) is 13.2 Å². The van der Waals surface area contributed by atoms with E-state index in [-0.39, 0.29) is 0 Å². The summed E-state index contributed by atoms with van der Waals surface area (Å²) in [6, 6.07) is 0. The minimum Gasteiger partial charge on any atom is -0.385 e. The van der Waals surface area contributed by atoms with Gasteiger partial charge in [-0.15, -0.1) is 0 Å². The molecule has 0 aromatic carbocycles. The van der Waals surface area contributed by atoms with E-state index in [0.29, 0.717) is 0 Å². The summed E-state index contributed by atoms with van der Waals surface area (Å²) in [6.45, 7) is 2.06. The van der Waals surface area contributed by atoms with Gasteiger partial charge in [-0.3, -0.25) is 0 Å². The van der Waals surface area contributed by atoms with Crippen LogP contribution in [0.1, 0.15) is 83.5 Å². The van der Waals surface area contributed by atoms with E-state index in [1.165, 1.54) is 83.5 Å². The Balaban J connectivity index is 1.68. The number of hydrogen-bond acceptors (Lipinski definition) is 2. The number of unbranched alkanes of at least 4 members (excludes halogenated alkanes) is 12. The van der Waals surface area contributed by atoms with Gasteiger partial charge in [-0.05, 0) is 12.8 Å². The second-order valence-electron chi connectivity index (χ2n) is 6.39. The predicted molar refractivity (Wildman–Crippen MR) is 94.1 cm³/mol. The molecule has 1 aromatic rings. The molecule has 0 amide bonds. The van der Waals surface area contributed by atoms with Gasteiger partial charge in [-0.1, -0.05) is 70.6 Å². The average molecular weight is 309 g/mol. The fourth-order valence-corrected chi connectivity index (χ4v) is 2.90. The lowest BCUT2D eigenvalue weighted by atomic mass is 10.0. The van der Waals surface area contributed by atoms with Crippen molar-refractivity contribution in [2.24, 2.45) is 0 Å². The number of nitrogens with zero attached hydrogens (tertiary/aromatic N) is 2. The maximum atomic E-state index is 5.06. The lowest BCUT2D eigenvalue weighted by Gasteiger charge is -2.04. The summed E-state index contributed by atoms with van der Waals surface area (Å²) in [6.07, 6.45) is 23.8. The molecule has 0 saturated carbocycles. The maximum absolute atomic E-state index is 5.06. The molecule has 0 atom stereocenters. The highest BCUT2D eigenvalue weighted by Gasteiger charge is 1.95. The van der Waals surface area contributed by atoms with E-state index in [1.54, 1.807) is 7.11 Å². The fraction of sp³-hybridized carbons (Fsp3) is 0.842. The molecule has 1 aromatic heterocycles. The molecule has 22 heavy (non-hydrogen) atoms. The van der Waals surface area contributed by atoms with Gasteiger partial charge < -0.3 is 9.30 Å². The van der Waals surface area contributed by atoms with Crippen molar-refractivity contribution in [3.8, 4) is 0 Å². The Bertz CT molecular complexity index is 311. The van der Waals surface area contributed by atoms with Crippen molar-refractivity contribution >= 4 is 0 Å². The van der Waals surface area contributed by atoms with E-state index in [2.05, 4.69) is 15.7 Å². The van der Waals surface area contributed by atoms with Crippen molar-refractivity contribution in [1.82, 2.24) is 9.55 Å². The summed E-state index contributed by atoms with van der Waals surface area (Å²) in [7, 11) is 1.79. The molecular formula is C19H36N2O. The second-order valence-corrected chi connectivity index (χ2v) is 6.39. The molecule has 0 aliphatic heterocycles. The van der Waals surface area contributed by atoms with Crippen molar-refractivity contribution < 1.29 is 4.74 Å². The van der Waals surface area contributed by atoms with E-state index < -0.39 is 0 Å². The van der Waals surface area contributed by atoms with Crippen LogP contribution in [0, 0.1) is 0 Å². The monoisotopic (exact) mass is 308 g/mol. The topological polar surface area (TPSA) is 27.1 Å². The van der Waals surface area contributed by atoms with Crippen LogP contribution in [0.4, 0.5) is 0 Å². The van der Waals surface area contributed by atoms with Crippen LogP contribution in [0.25, 0.3) is 0 Å². The van der Waals surface area contributed by atoms with Crippen molar-refractivity contribution in [3.05, 3.63) is 18.7 Å². The first-order chi connectivity index (χ1) is 10.9. The van der Waals surface area contributed by atoms with Crippen LogP contribution >= 0.6 is 0 Å². The van der Waals surface area contributed by atoms with Gasteiger partial charge in [-0.25, -0.2) is 4.98 Å². The van der Waals surface area contributed by atoms with Crippen molar-refractivity contribution in [2.75, 3.05) is 13.7 Å². The van der Waals surface area contributed by atoms with Gasteiger partial charge in [0.05, 0.1) is 6.33 Å². The van der Waals surface area contributed by atoms with Gasteiger partial charge in [0, 0.05) is 32.7 Å².